The van der Waals surface area contributed by atoms with Crippen molar-refractivity contribution in [1.29, 1.82) is 0 Å². The van der Waals surface area contributed by atoms with E-state index in [9.17, 15) is 4.79 Å². The van der Waals surface area contributed by atoms with E-state index < -0.39 is 0 Å². The molecule has 1 amide bonds. The summed E-state index contributed by atoms with van der Waals surface area (Å²) in [6, 6.07) is 6.09. The van der Waals surface area contributed by atoms with Gasteiger partial charge in [0.2, 0.25) is 0 Å². The van der Waals surface area contributed by atoms with E-state index in [4.69, 9.17) is 0 Å². The van der Waals surface area contributed by atoms with Gasteiger partial charge in [0.25, 0.3) is 5.91 Å². The summed E-state index contributed by atoms with van der Waals surface area (Å²) in [5.74, 6) is 0.0634. The summed E-state index contributed by atoms with van der Waals surface area (Å²) in [5.41, 5.74) is 6.43. The molecule has 0 aromatic carbocycles. The maximum atomic E-state index is 13.2. The average molecular weight is 425 g/mol. The van der Waals surface area contributed by atoms with Crippen molar-refractivity contribution in [3.8, 4) is 22.3 Å². The Morgan fingerprint density at radius 3 is 2.72 bits per heavy atom. The largest absolute Gasteiger partial charge is 0.345 e. The second kappa shape index (κ2) is 7.33. The van der Waals surface area contributed by atoms with Gasteiger partial charge in [-0.05, 0) is 48.6 Å². The van der Waals surface area contributed by atoms with Crippen LogP contribution in [0.15, 0.2) is 55.4 Å². The van der Waals surface area contributed by atoms with E-state index >= 15 is 0 Å². The Labute approximate surface area is 184 Å². The fraction of sp³-hybridized carbons (Fsp3) is 0.250. The van der Waals surface area contributed by atoms with Crippen LogP contribution < -0.4 is 0 Å². The monoisotopic (exact) mass is 425 g/mol. The number of nitrogens with one attached hydrogen (secondary N) is 1. The molecule has 5 aromatic rings. The van der Waals surface area contributed by atoms with E-state index in [0.717, 1.165) is 64.7 Å². The Balaban J connectivity index is 1.48. The Kier molecular flexibility index (Phi) is 4.31. The van der Waals surface area contributed by atoms with Crippen LogP contribution in [0.5, 0.6) is 0 Å². The van der Waals surface area contributed by atoms with Gasteiger partial charge in [-0.25, -0.2) is 9.50 Å². The average Bonchev–Trinajstić information content (AvgIpc) is 3.56. The number of rotatable bonds is 3. The molecule has 1 fully saturated rings. The van der Waals surface area contributed by atoms with Gasteiger partial charge in [-0.15, -0.1) is 0 Å². The number of likely N-dealkylation sites (tertiary alicyclic amines) is 1. The number of H-pyrrole nitrogens is 1. The predicted octanol–water partition coefficient (Wildman–Crippen LogP) is 3.90. The molecule has 0 aliphatic carbocycles. The van der Waals surface area contributed by atoms with Gasteiger partial charge < -0.3 is 9.88 Å². The van der Waals surface area contributed by atoms with Gasteiger partial charge in [0.15, 0.2) is 0 Å². The van der Waals surface area contributed by atoms with Crippen molar-refractivity contribution in [2.24, 2.45) is 7.05 Å². The minimum atomic E-state index is 0.0634. The SMILES string of the molecule is Cn1cc(-c2ccnc3[nH]cc(-c4ccn5ncc(C(=O)N6CCCCC6)c5c4)c23)cn1. The van der Waals surface area contributed by atoms with Crippen LogP contribution in [-0.2, 0) is 7.05 Å². The number of aromatic nitrogens is 6. The molecule has 0 bridgehead atoms. The first-order valence-electron chi connectivity index (χ1n) is 10.9. The zero-order chi connectivity index (χ0) is 21.7. The Morgan fingerprint density at radius 2 is 1.91 bits per heavy atom. The molecular formula is C24H23N7O. The number of carbonyl (C=O) groups excluding carboxylic acids is 1. The zero-order valence-electron chi connectivity index (χ0n) is 17.8. The summed E-state index contributed by atoms with van der Waals surface area (Å²) in [5, 5.41) is 9.79. The number of pyridine rings is 2. The van der Waals surface area contributed by atoms with Crippen molar-refractivity contribution in [2.45, 2.75) is 19.3 Å². The number of hydrogen-bond acceptors (Lipinski definition) is 4. The minimum absolute atomic E-state index is 0.0634. The zero-order valence-corrected chi connectivity index (χ0v) is 17.8. The molecule has 0 atom stereocenters. The summed E-state index contributed by atoms with van der Waals surface area (Å²) in [4.78, 5) is 22.9. The maximum absolute atomic E-state index is 13.2. The van der Waals surface area contributed by atoms with Crippen LogP contribution in [0.4, 0.5) is 0 Å². The number of hydrogen-bond donors (Lipinski definition) is 1. The van der Waals surface area contributed by atoms with Crippen molar-refractivity contribution < 1.29 is 4.79 Å². The number of aryl methyl sites for hydroxylation is 1. The first-order chi connectivity index (χ1) is 15.7. The van der Waals surface area contributed by atoms with Crippen molar-refractivity contribution >= 4 is 22.5 Å². The van der Waals surface area contributed by atoms with Gasteiger partial charge in [-0.2, -0.15) is 10.2 Å². The standard InChI is InChI=1S/C24H23N7O/c1-29-15-17(12-27-29)18-5-7-25-23-22(18)19(13-26-23)16-6-10-31-21(11-16)20(14-28-31)24(32)30-8-3-2-4-9-30/h5-7,10-15H,2-4,8-9H2,1H3,(H,25,26). The van der Waals surface area contributed by atoms with Gasteiger partial charge in [0, 0.05) is 61.4 Å². The number of amides is 1. The Morgan fingerprint density at radius 1 is 1.03 bits per heavy atom. The van der Waals surface area contributed by atoms with E-state index in [2.05, 4.69) is 20.2 Å². The molecule has 8 nitrogen and oxygen atoms in total. The molecule has 1 aliphatic heterocycles. The number of carbonyl (C=O) groups is 1. The smallest absolute Gasteiger partial charge is 0.257 e. The molecule has 160 valence electrons. The molecular weight excluding hydrogens is 402 g/mol. The van der Waals surface area contributed by atoms with E-state index in [-0.39, 0.29) is 5.91 Å². The van der Waals surface area contributed by atoms with Gasteiger partial charge >= 0.3 is 0 Å². The molecule has 1 N–H and O–H groups in total. The molecule has 32 heavy (non-hydrogen) atoms. The molecule has 1 aliphatic rings. The summed E-state index contributed by atoms with van der Waals surface area (Å²) in [6.45, 7) is 1.64. The van der Waals surface area contributed by atoms with E-state index in [1.54, 1.807) is 21.6 Å². The summed E-state index contributed by atoms with van der Waals surface area (Å²) < 4.78 is 3.57. The number of fused-ring (bicyclic) bond motifs is 2. The van der Waals surface area contributed by atoms with Crippen LogP contribution in [0.3, 0.4) is 0 Å². The minimum Gasteiger partial charge on any atom is -0.345 e. The second-order valence-electron chi connectivity index (χ2n) is 8.34. The molecule has 0 spiro atoms. The highest BCUT2D eigenvalue weighted by molar-refractivity contribution is 6.05. The first kappa shape index (κ1) is 18.8. The molecule has 5 aromatic heterocycles. The number of nitrogens with zero attached hydrogens (tertiary/aromatic N) is 6. The van der Waals surface area contributed by atoms with Crippen molar-refractivity contribution in [3.63, 3.8) is 0 Å². The summed E-state index contributed by atoms with van der Waals surface area (Å²) in [6.07, 6.45) is 14.6. The molecule has 8 heteroatoms. The highest BCUT2D eigenvalue weighted by Crippen LogP contribution is 2.36. The quantitative estimate of drug-likeness (QED) is 0.475. The third-order valence-corrected chi connectivity index (χ3v) is 6.30. The van der Waals surface area contributed by atoms with E-state index in [1.165, 1.54) is 6.42 Å². The van der Waals surface area contributed by atoms with Gasteiger partial charge in [0.05, 0.1) is 23.5 Å². The fourth-order valence-corrected chi connectivity index (χ4v) is 4.67. The van der Waals surface area contributed by atoms with Gasteiger partial charge in [0.1, 0.15) is 5.65 Å². The normalized spacial score (nSPS) is 14.5. The van der Waals surface area contributed by atoms with Crippen molar-refractivity contribution in [2.75, 3.05) is 13.1 Å². The lowest BCUT2D eigenvalue weighted by Crippen LogP contribution is -2.35. The van der Waals surface area contributed by atoms with Crippen LogP contribution in [0, 0.1) is 0 Å². The van der Waals surface area contributed by atoms with Crippen LogP contribution >= 0.6 is 0 Å². The van der Waals surface area contributed by atoms with E-state index in [0.29, 0.717) is 5.56 Å². The van der Waals surface area contributed by atoms with Crippen molar-refractivity contribution in [1.82, 2.24) is 34.3 Å². The van der Waals surface area contributed by atoms with Crippen LogP contribution in [0.1, 0.15) is 29.6 Å². The summed E-state index contributed by atoms with van der Waals surface area (Å²) in [7, 11) is 1.91. The highest BCUT2D eigenvalue weighted by Gasteiger charge is 2.22. The first-order valence-corrected chi connectivity index (χ1v) is 10.9. The lowest BCUT2D eigenvalue weighted by Gasteiger charge is -2.26. The molecule has 0 unspecified atom stereocenters. The van der Waals surface area contributed by atoms with Crippen LogP contribution in [0.25, 0.3) is 38.8 Å². The second-order valence-corrected chi connectivity index (χ2v) is 8.34. The maximum Gasteiger partial charge on any atom is 0.257 e. The van der Waals surface area contributed by atoms with Crippen LogP contribution in [0.2, 0.25) is 0 Å². The third-order valence-electron chi connectivity index (χ3n) is 6.30. The Bertz CT molecular complexity index is 1450. The number of piperidine rings is 1. The number of aromatic amines is 1. The lowest BCUT2D eigenvalue weighted by atomic mass is 9.99. The van der Waals surface area contributed by atoms with E-state index in [1.807, 2.05) is 54.9 Å². The molecule has 6 rings (SSSR count). The van der Waals surface area contributed by atoms with Gasteiger partial charge in [-0.1, -0.05) is 0 Å². The lowest BCUT2D eigenvalue weighted by molar-refractivity contribution is 0.0726. The molecule has 0 saturated carbocycles. The predicted molar refractivity (Wildman–Crippen MR) is 122 cm³/mol. The van der Waals surface area contributed by atoms with Gasteiger partial charge in [-0.3, -0.25) is 9.48 Å². The fourth-order valence-electron chi connectivity index (χ4n) is 4.67. The molecule has 1 saturated heterocycles. The van der Waals surface area contributed by atoms with Crippen LogP contribution in [-0.4, -0.2) is 53.3 Å². The molecule has 6 heterocycles. The summed E-state index contributed by atoms with van der Waals surface area (Å²) >= 11 is 0. The topological polar surface area (TPSA) is 84.1 Å². The molecule has 0 radical (unpaired) electrons. The highest BCUT2D eigenvalue weighted by atomic mass is 16.2. The van der Waals surface area contributed by atoms with Crippen molar-refractivity contribution in [3.05, 3.63) is 60.9 Å². The third kappa shape index (κ3) is 2.98. The Hall–Kier alpha value is -3.94.